The minimum absolute atomic E-state index is 0.726. The zero-order valence-corrected chi connectivity index (χ0v) is 8.89. The van der Waals surface area contributed by atoms with Gasteiger partial charge in [-0.25, -0.2) is 0 Å². The zero-order chi connectivity index (χ0) is 9.99. The molecule has 0 saturated carbocycles. The molecular formula is C7H8Cl3NO. The molecule has 1 N–H and O–H groups in total. The normalized spacial score (nSPS) is 12.0. The Bertz CT molecular complexity index is 224. The van der Waals surface area contributed by atoms with Crippen molar-refractivity contribution in [1.29, 1.82) is 0 Å². The summed E-state index contributed by atoms with van der Waals surface area (Å²) in [6.07, 6.45) is 5.10. The molecule has 1 amide bonds. The molecule has 0 aliphatic rings. The maximum absolute atomic E-state index is 11.0. The predicted octanol–water partition coefficient (Wildman–Crippen LogP) is 1.88. The van der Waals surface area contributed by atoms with Gasteiger partial charge in [-0.05, 0) is 13.8 Å². The number of terminal acetylenes is 1. The fourth-order valence-electron chi connectivity index (χ4n) is 0.391. The number of carbonyl (C=O) groups is 1. The van der Waals surface area contributed by atoms with Gasteiger partial charge in [-0.3, -0.25) is 4.79 Å². The third-order valence-corrected chi connectivity index (χ3v) is 1.56. The number of hydrogen-bond donors (Lipinski definition) is 1. The first-order valence-electron chi connectivity index (χ1n) is 3.06. The summed E-state index contributed by atoms with van der Waals surface area (Å²) in [5, 5.41) is 2.38. The van der Waals surface area contributed by atoms with Crippen molar-refractivity contribution < 1.29 is 4.79 Å². The number of rotatable bonds is 1. The highest BCUT2D eigenvalue weighted by Gasteiger charge is 2.33. The first-order valence-corrected chi connectivity index (χ1v) is 4.19. The van der Waals surface area contributed by atoms with Gasteiger partial charge in [-0.2, -0.15) is 0 Å². The third-order valence-electron chi connectivity index (χ3n) is 1.04. The van der Waals surface area contributed by atoms with Crippen LogP contribution in [0.5, 0.6) is 0 Å². The molecule has 0 fully saturated rings. The van der Waals surface area contributed by atoms with Crippen molar-refractivity contribution >= 4 is 40.7 Å². The number of carbonyl (C=O) groups excluding carboxylic acids is 1. The van der Waals surface area contributed by atoms with E-state index in [0.29, 0.717) is 0 Å². The van der Waals surface area contributed by atoms with Gasteiger partial charge in [0.1, 0.15) is 0 Å². The Morgan fingerprint density at radius 2 is 1.83 bits per heavy atom. The SMILES string of the molecule is C#CC(C)(C)NC(=O)C(Cl)(Cl)Cl. The molecule has 0 heterocycles. The van der Waals surface area contributed by atoms with Gasteiger partial charge in [0, 0.05) is 0 Å². The van der Waals surface area contributed by atoms with Crippen LogP contribution in [0, 0.1) is 12.3 Å². The molecule has 0 rings (SSSR count). The molecule has 0 atom stereocenters. The minimum Gasteiger partial charge on any atom is -0.337 e. The highest BCUT2D eigenvalue weighted by molar-refractivity contribution is 6.76. The molecule has 0 radical (unpaired) electrons. The van der Waals surface area contributed by atoms with Crippen molar-refractivity contribution in [3.05, 3.63) is 0 Å². The molecule has 0 unspecified atom stereocenters. The second-order valence-corrected chi connectivity index (χ2v) is 5.00. The van der Waals surface area contributed by atoms with Crippen LogP contribution in [0.15, 0.2) is 0 Å². The molecule has 68 valence electrons. The Labute approximate surface area is 86.5 Å². The molecule has 0 aliphatic carbocycles. The highest BCUT2D eigenvalue weighted by atomic mass is 35.6. The molecular weight excluding hydrogens is 220 g/mol. The molecule has 0 aromatic carbocycles. The Kier molecular flexibility index (Phi) is 3.71. The van der Waals surface area contributed by atoms with Gasteiger partial charge >= 0.3 is 0 Å². The number of nitrogens with one attached hydrogen (secondary N) is 1. The summed E-state index contributed by atoms with van der Waals surface area (Å²) < 4.78 is -1.96. The standard InChI is InChI=1S/C7H8Cl3NO/c1-4-6(2,3)11-5(12)7(8,9)10/h1H,2-3H3,(H,11,12). The van der Waals surface area contributed by atoms with Gasteiger partial charge in [0.15, 0.2) is 0 Å². The quantitative estimate of drug-likeness (QED) is 0.539. The van der Waals surface area contributed by atoms with E-state index in [4.69, 9.17) is 41.2 Å². The van der Waals surface area contributed by atoms with Crippen LogP contribution in [-0.2, 0) is 4.79 Å². The van der Waals surface area contributed by atoms with E-state index in [1.807, 2.05) is 0 Å². The van der Waals surface area contributed by atoms with Gasteiger partial charge in [-0.15, -0.1) is 6.42 Å². The van der Waals surface area contributed by atoms with Crippen LogP contribution in [0.4, 0.5) is 0 Å². The molecule has 0 bridgehead atoms. The highest BCUT2D eigenvalue weighted by Crippen LogP contribution is 2.26. The number of alkyl halides is 3. The van der Waals surface area contributed by atoms with E-state index in [-0.39, 0.29) is 0 Å². The van der Waals surface area contributed by atoms with Gasteiger partial charge in [0.25, 0.3) is 9.70 Å². The van der Waals surface area contributed by atoms with Crippen molar-refractivity contribution in [2.24, 2.45) is 0 Å². The monoisotopic (exact) mass is 227 g/mol. The molecule has 0 spiro atoms. The smallest absolute Gasteiger partial charge is 0.273 e. The Hall–Kier alpha value is -0.100. The second-order valence-electron chi connectivity index (χ2n) is 2.72. The van der Waals surface area contributed by atoms with E-state index in [1.165, 1.54) is 0 Å². The van der Waals surface area contributed by atoms with Gasteiger partial charge in [-0.1, -0.05) is 40.7 Å². The summed E-state index contributed by atoms with van der Waals surface area (Å²) in [4.78, 5) is 11.0. The van der Waals surface area contributed by atoms with Crippen molar-refractivity contribution in [3.63, 3.8) is 0 Å². The van der Waals surface area contributed by atoms with Crippen molar-refractivity contribution in [3.8, 4) is 12.3 Å². The van der Waals surface area contributed by atoms with Crippen molar-refractivity contribution in [2.45, 2.75) is 23.2 Å². The van der Waals surface area contributed by atoms with E-state index >= 15 is 0 Å². The Morgan fingerprint density at radius 3 is 2.08 bits per heavy atom. The van der Waals surface area contributed by atoms with Gasteiger partial charge in [0.2, 0.25) is 0 Å². The Morgan fingerprint density at radius 1 is 1.42 bits per heavy atom. The van der Waals surface area contributed by atoms with Crippen molar-refractivity contribution in [1.82, 2.24) is 5.32 Å². The summed E-state index contributed by atoms with van der Waals surface area (Å²) in [5.74, 6) is 1.61. The van der Waals surface area contributed by atoms with Crippen LogP contribution < -0.4 is 5.32 Å². The average molecular weight is 229 g/mol. The minimum atomic E-state index is -1.96. The van der Waals surface area contributed by atoms with E-state index < -0.39 is 15.2 Å². The van der Waals surface area contributed by atoms with E-state index in [0.717, 1.165) is 0 Å². The lowest BCUT2D eigenvalue weighted by Crippen LogP contribution is -2.47. The summed E-state index contributed by atoms with van der Waals surface area (Å²) in [6.45, 7) is 3.25. The lowest BCUT2D eigenvalue weighted by Gasteiger charge is -2.22. The second kappa shape index (κ2) is 3.74. The predicted molar refractivity (Wildman–Crippen MR) is 51.3 cm³/mol. The first-order chi connectivity index (χ1) is 5.19. The number of amides is 1. The first kappa shape index (κ1) is 11.9. The summed E-state index contributed by atoms with van der Waals surface area (Å²) in [7, 11) is 0. The summed E-state index contributed by atoms with van der Waals surface area (Å²) in [5.41, 5.74) is -0.805. The lowest BCUT2D eigenvalue weighted by atomic mass is 10.1. The zero-order valence-electron chi connectivity index (χ0n) is 6.62. The van der Waals surface area contributed by atoms with E-state index in [9.17, 15) is 4.79 Å². The third kappa shape index (κ3) is 4.06. The van der Waals surface area contributed by atoms with Crippen LogP contribution in [0.2, 0.25) is 0 Å². The molecule has 5 heteroatoms. The van der Waals surface area contributed by atoms with E-state index in [2.05, 4.69) is 11.2 Å². The summed E-state index contributed by atoms with van der Waals surface area (Å²) >= 11 is 15.9. The molecule has 0 saturated heterocycles. The lowest BCUT2D eigenvalue weighted by molar-refractivity contribution is -0.121. The molecule has 0 aromatic rings. The fraction of sp³-hybridized carbons (Fsp3) is 0.571. The topological polar surface area (TPSA) is 29.1 Å². The van der Waals surface area contributed by atoms with Crippen LogP contribution in [-0.4, -0.2) is 15.2 Å². The Balaban J connectivity index is 4.33. The van der Waals surface area contributed by atoms with E-state index in [1.54, 1.807) is 13.8 Å². The van der Waals surface area contributed by atoms with Crippen LogP contribution in [0.1, 0.15) is 13.8 Å². The molecule has 0 aliphatic heterocycles. The van der Waals surface area contributed by atoms with Crippen LogP contribution in [0.25, 0.3) is 0 Å². The average Bonchev–Trinajstić information content (AvgIpc) is 1.85. The molecule has 0 aromatic heterocycles. The maximum Gasteiger partial charge on any atom is 0.273 e. The number of halogens is 3. The fourth-order valence-corrected chi connectivity index (χ4v) is 0.533. The van der Waals surface area contributed by atoms with Crippen molar-refractivity contribution in [2.75, 3.05) is 0 Å². The largest absolute Gasteiger partial charge is 0.337 e. The van der Waals surface area contributed by atoms with Crippen LogP contribution in [0.3, 0.4) is 0 Å². The van der Waals surface area contributed by atoms with Crippen LogP contribution >= 0.6 is 34.8 Å². The van der Waals surface area contributed by atoms with Gasteiger partial charge < -0.3 is 5.32 Å². The number of hydrogen-bond acceptors (Lipinski definition) is 1. The van der Waals surface area contributed by atoms with Gasteiger partial charge in [0.05, 0.1) is 5.54 Å². The molecule has 2 nitrogen and oxygen atoms in total. The summed E-state index contributed by atoms with van der Waals surface area (Å²) in [6, 6.07) is 0. The molecule has 12 heavy (non-hydrogen) atoms. The maximum atomic E-state index is 11.0.